The molecule has 1 N–H and O–H groups in total. The van der Waals surface area contributed by atoms with Gasteiger partial charge in [-0.1, -0.05) is 5.16 Å². The van der Waals surface area contributed by atoms with Gasteiger partial charge in [0.1, 0.15) is 17.2 Å². The fourth-order valence-corrected chi connectivity index (χ4v) is 2.82. The molecular formula is C18H18N6O4. The van der Waals surface area contributed by atoms with Gasteiger partial charge in [0.15, 0.2) is 0 Å². The molecule has 1 aliphatic heterocycles. The lowest BCUT2D eigenvalue weighted by molar-refractivity contribution is 0.147. The van der Waals surface area contributed by atoms with E-state index in [0.717, 1.165) is 0 Å². The molecule has 10 nitrogen and oxygen atoms in total. The van der Waals surface area contributed by atoms with Crippen molar-refractivity contribution >= 4 is 11.7 Å². The summed E-state index contributed by atoms with van der Waals surface area (Å²) in [5.41, 5.74) is 1.11. The highest BCUT2D eigenvalue weighted by molar-refractivity contribution is 5.91. The molecule has 0 atom stereocenters. The SMILES string of the molecule is COc1ccc(NC(=O)N2CC(c3nc(-c4cnccn4)no3)C2)c(OC)c1. The number of carbonyl (C=O) groups excluding carboxylic acids is 1. The number of anilines is 1. The zero-order chi connectivity index (χ0) is 19.5. The Bertz CT molecular complexity index is 971. The maximum absolute atomic E-state index is 12.5. The van der Waals surface area contributed by atoms with Crippen LogP contribution in [-0.2, 0) is 0 Å². The average molecular weight is 382 g/mol. The lowest BCUT2D eigenvalue weighted by atomic mass is 10.0. The molecule has 0 saturated carbocycles. The van der Waals surface area contributed by atoms with E-state index < -0.39 is 0 Å². The summed E-state index contributed by atoms with van der Waals surface area (Å²) in [4.78, 5) is 26.6. The van der Waals surface area contributed by atoms with E-state index in [2.05, 4.69) is 25.4 Å². The Morgan fingerprint density at radius 1 is 1.25 bits per heavy atom. The summed E-state index contributed by atoms with van der Waals surface area (Å²) < 4.78 is 15.8. The average Bonchev–Trinajstić information content (AvgIpc) is 3.17. The highest BCUT2D eigenvalue weighted by Gasteiger charge is 2.36. The molecule has 1 aromatic carbocycles. The number of urea groups is 1. The molecule has 3 aromatic rings. The van der Waals surface area contributed by atoms with Gasteiger partial charge in [-0.15, -0.1) is 0 Å². The molecule has 0 aliphatic carbocycles. The van der Waals surface area contributed by atoms with Gasteiger partial charge >= 0.3 is 6.03 Å². The maximum Gasteiger partial charge on any atom is 0.321 e. The Morgan fingerprint density at radius 2 is 2.11 bits per heavy atom. The van der Waals surface area contributed by atoms with Gasteiger partial charge in [-0.3, -0.25) is 4.98 Å². The zero-order valence-electron chi connectivity index (χ0n) is 15.3. The van der Waals surface area contributed by atoms with E-state index in [4.69, 9.17) is 14.0 Å². The van der Waals surface area contributed by atoms with E-state index in [0.29, 0.717) is 47.7 Å². The normalized spacial score (nSPS) is 13.7. The Balaban J connectivity index is 1.37. The number of hydrogen-bond donors (Lipinski definition) is 1. The number of nitrogens with one attached hydrogen (secondary N) is 1. The third-order valence-electron chi connectivity index (χ3n) is 4.40. The van der Waals surface area contributed by atoms with Crippen molar-refractivity contribution < 1.29 is 18.8 Å². The molecule has 28 heavy (non-hydrogen) atoms. The van der Waals surface area contributed by atoms with Crippen molar-refractivity contribution in [3.8, 4) is 23.0 Å². The van der Waals surface area contributed by atoms with Crippen molar-refractivity contribution in [1.29, 1.82) is 0 Å². The minimum atomic E-state index is -0.228. The highest BCUT2D eigenvalue weighted by Crippen LogP contribution is 2.31. The first-order chi connectivity index (χ1) is 13.7. The van der Waals surface area contributed by atoms with Crippen molar-refractivity contribution in [2.75, 3.05) is 32.6 Å². The second-order valence-corrected chi connectivity index (χ2v) is 6.15. The van der Waals surface area contributed by atoms with Crippen LogP contribution < -0.4 is 14.8 Å². The first-order valence-corrected chi connectivity index (χ1v) is 8.56. The Kier molecular flexibility index (Phi) is 4.75. The molecule has 1 saturated heterocycles. The number of nitrogens with zero attached hydrogens (tertiary/aromatic N) is 5. The van der Waals surface area contributed by atoms with Crippen LogP contribution in [0, 0.1) is 0 Å². The van der Waals surface area contributed by atoms with Crippen molar-refractivity contribution in [3.05, 3.63) is 42.7 Å². The van der Waals surface area contributed by atoms with Crippen LogP contribution in [0.5, 0.6) is 11.5 Å². The van der Waals surface area contributed by atoms with Crippen LogP contribution in [0.15, 0.2) is 41.3 Å². The Morgan fingerprint density at radius 3 is 2.82 bits per heavy atom. The number of likely N-dealkylation sites (tertiary alicyclic amines) is 1. The number of hydrogen-bond acceptors (Lipinski definition) is 8. The molecule has 3 heterocycles. The van der Waals surface area contributed by atoms with E-state index in [1.807, 2.05) is 0 Å². The van der Waals surface area contributed by atoms with Crippen molar-refractivity contribution in [2.24, 2.45) is 0 Å². The Labute approximate surface area is 160 Å². The van der Waals surface area contributed by atoms with Gasteiger partial charge in [0.25, 0.3) is 0 Å². The first kappa shape index (κ1) is 17.7. The van der Waals surface area contributed by atoms with E-state index in [1.165, 1.54) is 7.11 Å². The number of ether oxygens (including phenoxy) is 2. The molecule has 1 aliphatic rings. The van der Waals surface area contributed by atoms with Crippen LogP contribution >= 0.6 is 0 Å². The summed E-state index contributed by atoms with van der Waals surface area (Å²) in [6.45, 7) is 0.957. The summed E-state index contributed by atoms with van der Waals surface area (Å²) >= 11 is 0. The van der Waals surface area contributed by atoms with Crippen LogP contribution in [0.2, 0.25) is 0 Å². The highest BCUT2D eigenvalue weighted by atomic mass is 16.5. The van der Waals surface area contributed by atoms with Crippen LogP contribution in [0.3, 0.4) is 0 Å². The molecule has 2 amide bonds. The van der Waals surface area contributed by atoms with Crippen LogP contribution in [0.25, 0.3) is 11.5 Å². The van der Waals surface area contributed by atoms with Crippen molar-refractivity contribution in [3.63, 3.8) is 0 Å². The minimum absolute atomic E-state index is 0.0126. The molecule has 2 aromatic heterocycles. The third-order valence-corrected chi connectivity index (χ3v) is 4.40. The van der Waals surface area contributed by atoms with E-state index in [1.54, 1.807) is 48.8 Å². The van der Waals surface area contributed by atoms with E-state index in [9.17, 15) is 4.79 Å². The summed E-state index contributed by atoms with van der Waals surface area (Å²) in [6, 6.07) is 4.97. The fourth-order valence-electron chi connectivity index (χ4n) is 2.82. The third kappa shape index (κ3) is 3.43. The van der Waals surface area contributed by atoms with Crippen LogP contribution in [-0.4, -0.2) is 58.3 Å². The number of amides is 2. The molecule has 144 valence electrons. The van der Waals surface area contributed by atoms with Crippen molar-refractivity contribution in [2.45, 2.75) is 5.92 Å². The van der Waals surface area contributed by atoms with E-state index in [-0.39, 0.29) is 11.9 Å². The number of benzene rings is 1. The van der Waals surface area contributed by atoms with Crippen molar-refractivity contribution in [1.82, 2.24) is 25.0 Å². The zero-order valence-corrected chi connectivity index (χ0v) is 15.3. The van der Waals surface area contributed by atoms with Gasteiger partial charge in [0, 0.05) is 31.5 Å². The van der Waals surface area contributed by atoms with Gasteiger partial charge in [-0.25, -0.2) is 9.78 Å². The van der Waals surface area contributed by atoms with Gasteiger partial charge in [-0.2, -0.15) is 4.98 Å². The smallest absolute Gasteiger partial charge is 0.321 e. The molecule has 0 spiro atoms. The topological polar surface area (TPSA) is 116 Å². The first-order valence-electron chi connectivity index (χ1n) is 8.56. The second kappa shape index (κ2) is 7.51. The predicted octanol–water partition coefficient (Wildman–Crippen LogP) is 2.18. The summed E-state index contributed by atoms with van der Waals surface area (Å²) in [6.07, 6.45) is 4.70. The predicted molar refractivity (Wildman–Crippen MR) is 98.2 cm³/mol. The summed E-state index contributed by atoms with van der Waals surface area (Å²) in [5.74, 6) is 2.02. The molecule has 0 radical (unpaired) electrons. The van der Waals surface area contributed by atoms with Gasteiger partial charge in [0.2, 0.25) is 11.7 Å². The monoisotopic (exact) mass is 382 g/mol. The molecular weight excluding hydrogens is 364 g/mol. The molecule has 4 rings (SSSR count). The summed E-state index contributed by atoms with van der Waals surface area (Å²) in [5, 5.41) is 6.77. The maximum atomic E-state index is 12.5. The van der Waals surface area contributed by atoms with Gasteiger partial charge in [-0.05, 0) is 12.1 Å². The number of carbonyl (C=O) groups is 1. The van der Waals surface area contributed by atoms with Crippen LogP contribution in [0.1, 0.15) is 11.8 Å². The molecule has 10 heteroatoms. The minimum Gasteiger partial charge on any atom is -0.497 e. The largest absolute Gasteiger partial charge is 0.497 e. The van der Waals surface area contributed by atoms with Crippen LogP contribution in [0.4, 0.5) is 10.5 Å². The lowest BCUT2D eigenvalue weighted by Crippen LogP contribution is -2.50. The molecule has 0 bridgehead atoms. The number of aromatic nitrogens is 4. The second-order valence-electron chi connectivity index (χ2n) is 6.15. The Hall–Kier alpha value is -3.69. The quantitative estimate of drug-likeness (QED) is 0.714. The standard InChI is InChI=1S/C18H18N6O4/c1-26-12-3-4-13(15(7-12)27-2)21-18(25)24-9-11(10-24)17-22-16(23-28-17)14-8-19-5-6-20-14/h3-8,11H,9-10H2,1-2H3,(H,21,25). The molecule has 0 unspecified atom stereocenters. The fraction of sp³-hybridized carbons (Fsp3) is 0.278. The number of rotatable bonds is 5. The summed E-state index contributed by atoms with van der Waals surface area (Å²) in [7, 11) is 3.11. The van der Waals surface area contributed by atoms with Gasteiger partial charge < -0.3 is 24.2 Å². The van der Waals surface area contributed by atoms with Gasteiger partial charge in [0.05, 0.1) is 32.0 Å². The molecule has 1 fully saturated rings. The number of methoxy groups -OCH3 is 2. The lowest BCUT2D eigenvalue weighted by Gasteiger charge is -2.36. The van der Waals surface area contributed by atoms with E-state index >= 15 is 0 Å².